The second kappa shape index (κ2) is 13.3. The molecule has 0 saturated heterocycles. The van der Waals surface area contributed by atoms with E-state index in [1.54, 1.807) is 12.8 Å². The highest BCUT2D eigenvalue weighted by molar-refractivity contribution is 4.83. The Kier molecular flexibility index (Phi) is 12.2. The lowest BCUT2D eigenvalue weighted by Crippen LogP contribution is -2.24. The largest absolute Gasteiger partial charge is 0.0654 e. The van der Waals surface area contributed by atoms with Crippen molar-refractivity contribution in [1.82, 2.24) is 0 Å². The van der Waals surface area contributed by atoms with Gasteiger partial charge in [0.25, 0.3) is 0 Å². The fourth-order valence-electron chi connectivity index (χ4n) is 4.72. The fraction of sp³-hybridized carbons (Fsp3) is 1.00. The molecule has 0 aromatic heterocycles. The normalized spacial score (nSPS) is 18.9. The number of unbranched alkanes of at least 4 members (excludes halogenated alkanes) is 6. The second-order valence-corrected chi connectivity index (χ2v) is 8.72. The molecule has 1 aliphatic carbocycles. The molecule has 0 amide bonds. The lowest BCUT2D eigenvalue weighted by molar-refractivity contribution is 0.145. The molecule has 0 heteroatoms. The molecule has 1 rings (SSSR count). The zero-order valence-corrected chi connectivity index (χ0v) is 16.8. The van der Waals surface area contributed by atoms with Gasteiger partial charge in [-0.05, 0) is 37.0 Å². The molecule has 0 aliphatic heterocycles. The zero-order chi connectivity index (χ0) is 16.8. The fourth-order valence-corrected chi connectivity index (χ4v) is 4.72. The first-order valence-corrected chi connectivity index (χ1v) is 11.2. The topological polar surface area (TPSA) is 0 Å². The number of hydrogen-bond donors (Lipinski definition) is 0. The molecule has 1 saturated carbocycles. The Balaban J connectivity index is 2.12. The predicted octanol–water partition coefficient (Wildman–Crippen LogP) is 8.68. The van der Waals surface area contributed by atoms with Gasteiger partial charge in [-0.3, -0.25) is 0 Å². The number of hydrogen-bond acceptors (Lipinski definition) is 0. The van der Waals surface area contributed by atoms with Crippen LogP contribution in [0.5, 0.6) is 0 Å². The van der Waals surface area contributed by atoms with Crippen LogP contribution in [-0.2, 0) is 0 Å². The highest BCUT2D eigenvalue weighted by Crippen LogP contribution is 2.44. The van der Waals surface area contributed by atoms with Crippen LogP contribution in [0.2, 0.25) is 0 Å². The van der Waals surface area contributed by atoms with Gasteiger partial charge in [-0.2, -0.15) is 0 Å². The second-order valence-electron chi connectivity index (χ2n) is 8.72. The van der Waals surface area contributed by atoms with Crippen LogP contribution in [-0.4, -0.2) is 0 Å². The Morgan fingerprint density at radius 1 is 0.652 bits per heavy atom. The summed E-state index contributed by atoms with van der Waals surface area (Å²) in [6, 6.07) is 0. The maximum atomic E-state index is 2.51. The first-order valence-electron chi connectivity index (χ1n) is 11.2. The molecule has 0 heterocycles. The Labute approximate surface area is 148 Å². The van der Waals surface area contributed by atoms with Gasteiger partial charge < -0.3 is 0 Å². The quantitative estimate of drug-likeness (QED) is 0.280. The van der Waals surface area contributed by atoms with Gasteiger partial charge in [-0.25, -0.2) is 0 Å². The summed E-state index contributed by atoms with van der Waals surface area (Å²) in [4.78, 5) is 0. The summed E-state index contributed by atoms with van der Waals surface area (Å²) in [6.07, 6.45) is 26.7. The van der Waals surface area contributed by atoms with Gasteiger partial charge in [-0.15, -0.1) is 0 Å². The Morgan fingerprint density at radius 2 is 1.22 bits per heavy atom. The minimum Gasteiger partial charge on any atom is -0.0654 e. The van der Waals surface area contributed by atoms with E-state index in [1.165, 1.54) is 103 Å². The summed E-state index contributed by atoms with van der Waals surface area (Å²) in [6.45, 7) is 7.17. The van der Waals surface area contributed by atoms with E-state index in [0.717, 1.165) is 11.3 Å². The third-order valence-electron chi connectivity index (χ3n) is 6.43. The predicted molar refractivity (Wildman–Crippen MR) is 106 cm³/mol. The third-order valence-corrected chi connectivity index (χ3v) is 6.43. The van der Waals surface area contributed by atoms with Gasteiger partial charge in [0.2, 0.25) is 0 Å². The Hall–Kier alpha value is 0. The summed E-state index contributed by atoms with van der Waals surface area (Å²) in [7, 11) is 0. The summed E-state index contributed by atoms with van der Waals surface area (Å²) in [5.74, 6) is 0.966. The number of rotatable bonds is 14. The van der Waals surface area contributed by atoms with Crippen molar-refractivity contribution in [2.45, 2.75) is 136 Å². The summed E-state index contributed by atoms with van der Waals surface area (Å²) in [5, 5.41) is 0. The lowest BCUT2D eigenvalue weighted by Gasteiger charge is -2.38. The molecule has 1 fully saturated rings. The van der Waals surface area contributed by atoms with Crippen molar-refractivity contribution < 1.29 is 0 Å². The van der Waals surface area contributed by atoms with Gasteiger partial charge in [0.05, 0.1) is 0 Å². The maximum Gasteiger partial charge on any atom is -0.0297 e. The van der Waals surface area contributed by atoms with Gasteiger partial charge >= 0.3 is 0 Å². The van der Waals surface area contributed by atoms with E-state index in [9.17, 15) is 0 Å². The van der Waals surface area contributed by atoms with Crippen molar-refractivity contribution in [1.29, 1.82) is 0 Å². The SMILES string of the molecule is CCCCCCCCC(C)CCCC1(CCCC)CCCCC1. The Bertz CT molecular complexity index is 249. The van der Waals surface area contributed by atoms with Crippen LogP contribution in [0.3, 0.4) is 0 Å². The van der Waals surface area contributed by atoms with Crippen LogP contribution in [0.15, 0.2) is 0 Å². The molecule has 0 aromatic rings. The molecule has 0 nitrogen and oxygen atoms in total. The van der Waals surface area contributed by atoms with Crippen molar-refractivity contribution in [3.05, 3.63) is 0 Å². The van der Waals surface area contributed by atoms with Crippen molar-refractivity contribution in [3.8, 4) is 0 Å². The minimum atomic E-state index is 0.758. The van der Waals surface area contributed by atoms with Crippen molar-refractivity contribution in [2.24, 2.45) is 11.3 Å². The molecule has 0 spiro atoms. The molecule has 138 valence electrons. The smallest absolute Gasteiger partial charge is 0.0297 e. The standard InChI is InChI=1S/C23H46/c1-4-6-8-9-10-12-16-22(3)17-15-21-23(18-7-5-2)19-13-11-14-20-23/h22H,4-21H2,1-3H3. The van der Waals surface area contributed by atoms with E-state index in [4.69, 9.17) is 0 Å². The zero-order valence-electron chi connectivity index (χ0n) is 16.8. The van der Waals surface area contributed by atoms with Gasteiger partial charge in [-0.1, -0.05) is 111 Å². The van der Waals surface area contributed by atoms with E-state index in [1.807, 2.05) is 0 Å². The molecular formula is C23H46. The van der Waals surface area contributed by atoms with Gasteiger partial charge in [0.15, 0.2) is 0 Å². The average molecular weight is 323 g/mol. The molecule has 23 heavy (non-hydrogen) atoms. The summed E-state index contributed by atoms with van der Waals surface area (Å²) < 4.78 is 0. The molecule has 0 bridgehead atoms. The Morgan fingerprint density at radius 3 is 1.91 bits per heavy atom. The first-order chi connectivity index (χ1) is 11.2. The molecule has 1 atom stereocenters. The van der Waals surface area contributed by atoms with Gasteiger partial charge in [0, 0.05) is 0 Å². The van der Waals surface area contributed by atoms with Crippen molar-refractivity contribution in [2.75, 3.05) is 0 Å². The monoisotopic (exact) mass is 322 g/mol. The molecular weight excluding hydrogens is 276 g/mol. The first kappa shape index (κ1) is 21.0. The molecule has 0 radical (unpaired) electrons. The van der Waals surface area contributed by atoms with E-state index in [2.05, 4.69) is 20.8 Å². The molecule has 0 aromatic carbocycles. The highest BCUT2D eigenvalue weighted by Gasteiger charge is 2.30. The van der Waals surface area contributed by atoms with E-state index >= 15 is 0 Å². The van der Waals surface area contributed by atoms with E-state index in [0.29, 0.717) is 0 Å². The van der Waals surface area contributed by atoms with Crippen LogP contribution in [0, 0.1) is 11.3 Å². The van der Waals surface area contributed by atoms with E-state index < -0.39 is 0 Å². The summed E-state index contributed by atoms with van der Waals surface area (Å²) in [5.41, 5.74) is 0.758. The average Bonchev–Trinajstić information content (AvgIpc) is 2.57. The minimum absolute atomic E-state index is 0.758. The third kappa shape index (κ3) is 9.78. The maximum absolute atomic E-state index is 2.51. The molecule has 1 aliphatic rings. The van der Waals surface area contributed by atoms with Crippen LogP contribution >= 0.6 is 0 Å². The van der Waals surface area contributed by atoms with Crippen LogP contribution in [0.1, 0.15) is 136 Å². The highest BCUT2D eigenvalue weighted by atomic mass is 14.4. The van der Waals surface area contributed by atoms with Crippen LogP contribution in [0.4, 0.5) is 0 Å². The lowest BCUT2D eigenvalue weighted by atomic mass is 9.68. The molecule has 0 N–H and O–H groups in total. The summed E-state index contributed by atoms with van der Waals surface area (Å²) >= 11 is 0. The van der Waals surface area contributed by atoms with Crippen LogP contribution in [0.25, 0.3) is 0 Å². The van der Waals surface area contributed by atoms with Crippen molar-refractivity contribution >= 4 is 0 Å². The van der Waals surface area contributed by atoms with E-state index in [-0.39, 0.29) is 0 Å². The van der Waals surface area contributed by atoms with Crippen LogP contribution < -0.4 is 0 Å². The van der Waals surface area contributed by atoms with Crippen molar-refractivity contribution in [3.63, 3.8) is 0 Å². The van der Waals surface area contributed by atoms with Gasteiger partial charge in [0.1, 0.15) is 0 Å². The molecule has 1 unspecified atom stereocenters.